The number of anilines is 1. The summed E-state index contributed by atoms with van der Waals surface area (Å²) in [6.45, 7) is 0. The fourth-order valence-electron chi connectivity index (χ4n) is 0.678. The lowest BCUT2D eigenvalue weighted by atomic mass is 10.3. The van der Waals surface area contributed by atoms with Gasteiger partial charge in [0.2, 0.25) is 0 Å². The molecule has 2 N–H and O–H groups in total. The molecule has 0 spiro atoms. The summed E-state index contributed by atoms with van der Waals surface area (Å²) in [5.74, 6) is 0. The summed E-state index contributed by atoms with van der Waals surface area (Å²) in [5, 5.41) is 0. The van der Waals surface area contributed by atoms with Crippen LogP contribution in [0.15, 0.2) is 29.2 Å². The van der Waals surface area contributed by atoms with Gasteiger partial charge >= 0.3 is 10.1 Å². The first-order valence-electron chi connectivity index (χ1n) is 3.00. The Morgan fingerprint density at radius 1 is 1.25 bits per heavy atom. The van der Waals surface area contributed by atoms with Gasteiger partial charge in [0.15, 0.2) is 0 Å². The van der Waals surface area contributed by atoms with Crippen LogP contribution in [0.4, 0.5) is 5.69 Å². The van der Waals surface area contributed by atoms with Crippen molar-refractivity contribution >= 4 is 28.7 Å². The molecule has 66 valence electrons. The van der Waals surface area contributed by atoms with Crippen LogP contribution in [0.25, 0.3) is 0 Å². The largest absolute Gasteiger partial charge is 0.399 e. The molecule has 0 aromatic heterocycles. The fraction of sp³-hybridized carbons (Fsp3) is 0. The summed E-state index contributed by atoms with van der Waals surface area (Å²) in [6.07, 6.45) is 0. The minimum atomic E-state index is -3.71. The lowest BCUT2D eigenvalue weighted by Crippen LogP contribution is -1.99. The van der Waals surface area contributed by atoms with Crippen LogP contribution in [0.2, 0.25) is 0 Å². The van der Waals surface area contributed by atoms with Crippen LogP contribution in [0.5, 0.6) is 0 Å². The van der Waals surface area contributed by atoms with Crippen LogP contribution in [0.3, 0.4) is 0 Å². The Labute approximate surface area is 76.1 Å². The van der Waals surface area contributed by atoms with E-state index in [-0.39, 0.29) is 4.90 Å². The van der Waals surface area contributed by atoms with Gasteiger partial charge < -0.3 is 5.73 Å². The zero-order valence-electron chi connectivity index (χ0n) is 5.97. The highest BCUT2D eigenvalue weighted by atomic mass is 32.3. The molecule has 0 fully saturated rings. The van der Waals surface area contributed by atoms with E-state index >= 15 is 0 Å². The minimum absolute atomic E-state index is 0.0340. The molecule has 0 radical (unpaired) electrons. The number of nitrogen functional groups attached to an aromatic ring is 1. The summed E-state index contributed by atoms with van der Waals surface area (Å²) in [7, 11) is -3.71. The number of rotatable bonds is 2. The second-order valence-electron chi connectivity index (χ2n) is 2.10. The van der Waals surface area contributed by atoms with Crippen molar-refractivity contribution in [2.24, 2.45) is 0 Å². The zero-order valence-corrected chi connectivity index (χ0v) is 7.68. The van der Waals surface area contributed by atoms with Crippen LogP contribution >= 0.6 is 12.9 Å². The van der Waals surface area contributed by atoms with Gasteiger partial charge in [-0.2, -0.15) is 12.0 Å². The van der Waals surface area contributed by atoms with E-state index in [1.165, 1.54) is 24.3 Å². The molecule has 12 heavy (non-hydrogen) atoms. The van der Waals surface area contributed by atoms with Crippen LogP contribution in [0.1, 0.15) is 0 Å². The molecule has 0 amide bonds. The smallest absolute Gasteiger partial charge is 0.307 e. The van der Waals surface area contributed by atoms with Crippen molar-refractivity contribution in [2.45, 2.75) is 4.90 Å². The molecule has 0 bridgehead atoms. The van der Waals surface area contributed by atoms with Gasteiger partial charge in [0.25, 0.3) is 0 Å². The fourth-order valence-corrected chi connectivity index (χ4v) is 1.49. The number of thiol groups is 1. The second-order valence-corrected chi connectivity index (χ2v) is 4.07. The summed E-state index contributed by atoms with van der Waals surface area (Å²) in [4.78, 5) is 0.0340. The zero-order chi connectivity index (χ0) is 9.19. The molecule has 1 aromatic carbocycles. The molecule has 1 aromatic rings. The first kappa shape index (κ1) is 9.37. The summed E-state index contributed by atoms with van der Waals surface area (Å²) in [5.41, 5.74) is 5.85. The predicted octanol–water partition coefficient (Wildman–Crippen LogP) is 0.819. The highest BCUT2D eigenvalue weighted by Crippen LogP contribution is 2.14. The van der Waals surface area contributed by atoms with E-state index < -0.39 is 10.1 Å². The topological polar surface area (TPSA) is 69.4 Å². The van der Waals surface area contributed by atoms with Gasteiger partial charge in [-0.1, -0.05) is 0 Å². The van der Waals surface area contributed by atoms with Crippen molar-refractivity contribution in [1.29, 1.82) is 0 Å². The molecule has 0 aliphatic rings. The Morgan fingerprint density at radius 2 is 1.75 bits per heavy atom. The van der Waals surface area contributed by atoms with E-state index in [2.05, 4.69) is 16.5 Å². The van der Waals surface area contributed by atoms with Crippen LogP contribution in [0, 0.1) is 0 Å². The monoisotopic (exact) mass is 205 g/mol. The van der Waals surface area contributed by atoms with E-state index in [0.717, 1.165) is 0 Å². The van der Waals surface area contributed by atoms with Gasteiger partial charge in [0.1, 0.15) is 0 Å². The molecule has 0 heterocycles. The third-order valence-corrected chi connectivity index (χ3v) is 2.90. The van der Waals surface area contributed by atoms with Gasteiger partial charge in [-0.3, -0.25) is 0 Å². The molecule has 4 nitrogen and oxygen atoms in total. The first-order valence-corrected chi connectivity index (χ1v) is 4.77. The third-order valence-electron chi connectivity index (χ3n) is 1.27. The highest BCUT2D eigenvalue weighted by molar-refractivity contribution is 7.95. The maximum Gasteiger partial charge on any atom is 0.307 e. The van der Waals surface area contributed by atoms with Gasteiger partial charge in [0, 0.05) is 5.69 Å². The lowest BCUT2D eigenvalue weighted by molar-refractivity contribution is 0.521. The maximum absolute atomic E-state index is 11.0. The summed E-state index contributed by atoms with van der Waals surface area (Å²) in [6, 6.07) is 5.64. The van der Waals surface area contributed by atoms with Crippen molar-refractivity contribution in [3.63, 3.8) is 0 Å². The van der Waals surface area contributed by atoms with Crippen LogP contribution < -0.4 is 5.73 Å². The minimum Gasteiger partial charge on any atom is -0.399 e. The van der Waals surface area contributed by atoms with E-state index in [1.807, 2.05) is 0 Å². The Bertz CT molecular complexity index is 357. The Hall–Kier alpha value is -0.720. The standard InChI is InChI=1S/C6H7NO3S2/c7-5-1-3-6(4-2-5)12(8,9)10-11/h1-4,11H,7H2. The molecular weight excluding hydrogens is 198 g/mol. The number of nitrogens with two attached hydrogens (primary N) is 1. The number of benzene rings is 1. The molecule has 0 atom stereocenters. The molecule has 6 heteroatoms. The van der Waals surface area contributed by atoms with Gasteiger partial charge in [-0.15, -0.1) is 0 Å². The van der Waals surface area contributed by atoms with Gasteiger partial charge in [-0.05, 0) is 37.2 Å². The van der Waals surface area contributed by atoms with Gasteiger partial charge in [0.05, 0.1) is 4.90 Å². The average Bonchev–Trinajstić information content (AvgIpc) is 2.05. The third kappa shape index (κ3) is 1.90. The second kappa shape index (κ2) is 3.34. The summed E-state index contributed by atoms with van der Waals surface area (Å²) < 4.78 is 25.9. The molecule has 0 aliphatic carbocycles. The van der Waals surface area contributed by atoms with E-state index in [9.17, 15) is 8.42 Å². The first-order chi connectivity index (χ1) is 5.56. The van der Waals surface area contributed by atoms with Gasteiger partial charge in [-0.25, -0.2) is 0 Å². The van der Waals surface area contributed by atoms with Crippen molar-refractivity contribution in [2.75, 3.05) is 5.73 Å². The Morgan fingerprint density at radius 3 is 2.17 bits per heavy atom. The molecule has 1 rings (SSSR count). The molecule has 0 unspecified atom stereocenters. The van der Waals surface area contributed by atoms with Crippen molar-refractivity contribution < 1.29 is 12.0 Å². The van der Waals surface area contributed by atoms with Crippen molar-refractivity contribution in [3.05, 3.63) is 24.3 Å². The summed E-state index contributed by atoms with van der Waals surface area (Å²) >= 11 is 3.22. The average molecular weight is 205 g/mol. The molecule has 0 aliphatic heterocycles. The highest BCUT2D eigenvalue weighted by Gasteiger charge is 2.12. The Kier molecular flexibility index (Phi) is 2.61. The molecular formula is C6H7NO3S2. The molecule has 0 saturated heterocycles. The SMILES string of the molecule is Nc1ccc(S(=O)(=O)OS)cc1. The van der Waals surface area contributed by atoms with Crippen molar-refractivity contribution in [3.8, 4) is 0 Å². The quantitative estimate of drug-likeness (QED) is 0.426. The lowest BCUT2D eigenvalue weighted by Gasteiger charge is -1.99. The maximum atomic E-state index is 11.0. The normalized spacial score (nSPS) is 11.4. The molecule has 0 saturated carbocycles. The number of hydrogen-bond acceptors (Lipinski definition) is 5. The van der Waals surface area contributed by atoms with Crippen LogP contribution in [-0.4, -0.2) is 8.42 Å². The van der Waals surface area contributed by atoms with Crippen molar-refractivity contribution in [1.82, 2.24) is 0 Å². The van der Waals surface area contributed by atoms with E-state index in [1.54, 1.807) is 0 Å². The Balaban J connectivity index is 3.14. The number of hydrogen-bond donors (Lipinski definition) is 2. The van der Waals surface area contributed by atoms with Crippen LogP contribution in [-0.2, 0) is 13.7 Å². The van der Waals surface area contributed by atoms with E-state index in [0.29, 0.717) is 5.69 Å². The van der Waals surface area contributed by atoms with E-state index in [4.69, 9.17) is 5.73 Å². The predicted molar refractivity (Wildman–Crippen MR) is 48.1 cm³/mol.